The molecule has 0 aromatic carbocycles. The van der Waals surface area contributed by atoms with Crippen molar-refractivity contribution < 1.29 is 4.79 Å². The van der Waals surface area contributed by atoms with E-state index in [1.54, 1.807) is 7.05 Å². The number of nitrogens with one attached hydrogen (secondary N) is 2. The van der Waals surface area contributed by atoms with E-state index in [1.807, 2.05) is 0 Å². The molecule has 0 radical (unpaired) electrons. The SMILES string of the molecule is CNC(=O)c1nn(CC2CCCCC2)c2c1CC(NCC1CC1)CC2. The molecule has 3 aliphatic rings. The average Bonchev–Trinajstić information content (AvgIpc) is 3.42. The molecule has 5 nitrogen and oxygen atoms in total. The van der Waals surface area contributed by atoms with E-state index < -0.39 is 0 Å². The van der Waals surface area contributed by atoms with E-state index in [1.165, 1.54) is 62.6 Å². The van der Waals surface area contributed by atoms with Gasteiger partial charge in [-0.2, -0.15) is 5.10 Å². The molecule has 1 aromatic heterocycles. The number of carbonyl (C=O) groups is 1. The molecule has 0 aliphatic heterocycles. The van der Waals surface area contributed by atoms with Crippen LogP contribution in [0.1, 0.15) is 73.1 Å². The van der Waals surface area contributed by atoms with Crippen LogP contribution in [0.3, 0.4) is 0 Å². The summed E-state index contributed by atoms with van der Waals surface area (Å²) < 4.78 is 2.19. The standard InChI is InChI=1S/C20H32N4O/c1-21-20(25)19-17-11-16(22-12-14-7-8-14)9-10-18(17)24(23-19)13-15-5-3-2-4-6-15/h14-16,22H,2-13H2,1H3,(H,21,25). The number of amides is 1. The van der Waals surface area contributed by atoms with Gasteiger partial charge in [-0.1, -0.05) is 19.3 Å². The van der Waals surface area contributed by atoms with E-state index in [2.05, 4.69) is 15.3 Å². The van der Waals surface area contributed by atoms with Crippen molar-refractivity contribution in [3.63, 3.8) is 0 Å². The molecule has 1 amide bonds. The lowest BCUT2D eigenvalue weighted by Gasteiger charge is -2.26. The Hall–Kier alpha value is -1.36. The van der Waals surface area contributed by atoms with E-state index in [4.69, 9.17) is 5.10 Å². The molecule has 2 N–H and O–H groups in total. The first-order valence-corrected chi connectivity index (χ1v) is 10.3. The summed E-state index contributed by atoms with van der Waals surface area (Å²) in [6.07, 6.45) is 12.7. The van der Waals surface area contributed by atoms with Gasteiger partial charge in [0.1, 0.15) is 0 Å². The van der Waals surface area contributed by atoms with Crippen LogP contribution >= 0.6 is 0 Å². The number of rotatable bonds is 6. The molecule has 1 atom stereocenters. The maximum atomic E-state index is 12.4. The molecule has 2 saturated carbocycles. The number of hydrogen-bond donors (Lipinski definition) is 2. The van der Waals surface area contributed by atoms with Crippen LogP contribution in [0.15, 0.2) is 0 Å². The predicted molar refractivity (Wildman–Crippen MR) is 98.7 cm³/mol. The van der Waals surface area contributed by atoms with Crippen LogP contribution in [0.4, 0.5) is 0 Å². The van der Waals surface area contributed by atoms with Crippen molar-refractivity contribution in [2.24, 2.45) is 11.8 Å². The fourth-order valence-electron chi connectivity index (χ4n) is 4.58. The summed E-state index contributed by atoms with van der Waals surface area (Å²) in [4.78, 5) is 12.4. The highest BCUT2D eigenvalue weighted by molar-refractivity contribution is 5.93. The first-order valence-electron chi connectivity index (χ1n) is 10.3. The van der Waals surface area contributed by atoms with Gasteiger partial charge in [-0.3, -0.25) is 9.48 Å². The molecule has 1 unspecified atom stereocenters. The molecule has 1 heterocycles. The Morgan fingerprint density at radius 2 is 1.92 bits per heavy atom. The Kier molecular flexibility index (Phi) is 5.11. The Bertz CT molecular complexity index is 613. The summed E-state index contributed by atoms with van der Waals surface area (Å²) in [6.45, 7) is 2.14. The monoisotopic (exact) mass is 344 g/mol. The second-order valence-corrected chi connectivity index (χ2v) is 8.33. The van der Waals surface area contributed by atoms with Gasteiger partial charge >= 0.3 is 0 Å². The van der Waals surface area contributed by atoms with E-state index in [0.717, 1.165) is 37.8 Å². The van der Waals surface area contributed by atoms with Crippen LogP contribution < -0.4 is 10.6 Å². The zero-order chi connectivity index (χ0) is 17.2. The molecule has 0 saturated heterocycles. The molecule has 0 bridgehead atoms. The number of carbonyl (C=O) groups excluding carboxylic acids is 1. The van der Waals surface area contributed by atoms with Crippen molar-refractivity contribution in [3.05, 3.63) is 17.0 Å². The minimum atomic E-state index is -0.0264. The molecule has 0 spiro atoms. The third-order valence-corrected chi connectivity index (χ3v) is 6.34. The lowest BCUT2D eigenvalue weighted by Crippen LogP contribution is -2.36. The van der Waals surface area contributed by atoms with E-state index in [-0.39, 0.29) is 5.91 Å². The van der Waals surface area contributed by atoms with Gasteiger partial charge in [0, 0.05) is 30.9 Å². The lowest BCUT2D eigenvalue weighted by molar-refractivity contribution is 0.0956. The molecule has 4 rings (SSSR count). The van der Waals surface area contributed by atoms with Crippen LogP contribution in [-0.2, 0) is 19.4 Å². The number of nitrogens with zero attached hydrogens (tertiary/aromatic N) is 2. The van der Waals surface area contributed by atoms with Gasteiger partial charge in [-0.15, -0.1) is 0 Å². The fourth-order valence-corrected chi connectivity index (χ4v) is 4.58. The van der Waals surface area contributed by atoms with E-state index >= 15 is 0 Å². The Balaban J connectivity index is 1.51. The molecule has 2 fully saturated rings. The van der Waals surface area contributed by atoms with Crippen molar-refractivity contribution >= 4 is 5.91 Å². The molecule has 25 heavy (non-hydrogen) atoms. The van der Waals surface area contributed by atoms with Crippen LogP contribution in [0, 0.1) is 11.8 Å². The summed E-state index contributed by atoms with van der Waals surface area (Å²) in [5, 5.41) is 11.3. The van der Waals surface area contributed by atoms with Gasteiger partial charge in [-0.05, 0) is 63.3 Å². The largest absolute Gasteiger partial charge is 0.354 e. The van der Waals surface area contributed by atoms with Gasteiger partial charge in [0.15, 0.2) is 5.69 Å². The number of hydrogen-bond acceptors (Lipinski definition) is 3. The Morgan fingerprint density at radius 3 is 2.64 bits per heavy atom. The van der Waals surface area contributed by atoms with Crippen LogP contribution in [-0.4, -0.2) is 35.3 Å². The Morgan fingerprint density at radius 1 is 1.12 bits per heavy atom. The minimum absolute atomic E-state index is 0.0264. The van der Waals surface area contributed by atoms with Gasteiger partial charge < -0.3 is 10.6 Å². The lowest BCUT2D eigenvalue weighted by atomic mass is 9.88. The van der Waals surface area contributed by atoms with E-state index in [0.29, 0.717) is 11.7 Å². The number of aromatic nitrogens is 2. The average molecular weight is 345 g/mol. The molecule has 3 aliphatic carbocycles. The fraction of sp³-hybridized carbons (Fsp3) is 0.800. The van der Waals surface area contributed by atoms with Crippen molar-refractivity contribution in [1.29, 1.82) is 0 Å². The van der Waals surface area contributed by atoms with E-state index in [9.17, 15) is 4.79 Å². The van der Waals surface area contributed by atoms with Crippen LogP contribution in [0.5, 0.6) is 0 Å². The maximum absolute atomic E-state index is 12.4. The summed E-state index contributed by atoms with van der Waals surface area (Å²) >= 11 is 0. The van der Waals surface area contributed by atoms with Crippen molar-refractivity contribution in [2.75, 3.05) is 13.6 Å². The topological polar surface area (TPSA) is 59.0 Å². The van der Waals surface area contributed by atoms with Gasteiger partial charge in [0.05, 0.1) is 0 Å². The normalized spacial score (nSPS) is 24.1. The summed E-state index contributed by atoms with van der Waals surface area (Å²) in [5.74, 6) is 1.61. The molecule has 138 valence electrons. The highest BCUT2D eigenvalue weighted by atomic mass is 16.1. The second kappa shape index (κ2) is 7.48. The second-order valence-electron chi connectivity index (χ2n) is 8.33. The van der Waals surface area contributed by atoms with Gasteiger partial charge in [-0.25, -0.2) is 0 Å². The molecular formula is C20H32N4O. The molecular weight excluding hydrogens is 312 g/mol. The highest BCUT2D eigenvalue weighted by Gasteiger charge is 2.30. The quantitative estimate of drug-likeness (QED) is 0.834. The van der Waals surface area contributed by atoms with Crippen molar-refractivity contribution in [1.82, 2.24) is 20.4 Å². The zero-order valence-electron chi connectivity index (χ0n) is 15.5. The first-order chi connectivity index (χ1) is 12.2. The minimum Gasteiger partial charge on any atom is -0.354 e. The number of fused-ring (bicyclic) bond motifs is 1. The summed E-state index contributed by atoms with van der Waals surface area (Å²) in [5.41, 5.74) is 3.20. The molecule has 5 heteroatoms. The maximum Gasteiger partial charge on any atom is 0.271 e. The van der Waals surface area contributed by atoms with Crippen molar-refractivity contribution in [3.8, 4) is 0 Å². The zero-order valence-corrected chi connectivity index (χ0v) is 15.5. The van der Waals surface area contributed by atoms with Crippen LogP contribution in [0.25, 0.3) is 0 Å². The van der Waals surface area contributed by atoms with Crippen molar-refractivity contribution in [2.45, 2.75) is 76.8 Å². The first kappa shape index (κ1) is 17.1. The van der Waals surface area contributed by atoms with Gasteiger partial charge in [0.25, 0.3) is 5.91 Å². The third-order valence-electron chi connectivity index (χ3n) is 6.34. The summed E-state index contributed by atoms with van der Waals surface area (Å²) in [7, 11) is 1.71. The molecule has 1 aromatic rings. The summed E-state index contributed by atoms with van der Waals surface area (Å²) in [6, 6.07) is 0.504. The Labute approximate surface area is 150 Å². The highest BCUT2D eigenvalue weighted by Crippen LogP contribution is 2.31. The van der Waals surface area contributed by atoms with Gasteiger partial charge in [0.2, 0.25) is 0 Å². The predicted octanol–water partition coefficient (Wildman–Crippen LogP) is 2.68. The smallest absolute Gasteiger partial charge is 0.271 e. The van der Waals surface area contributed by atoms with Crippen LogP contribution in [0.2, 0.25) is 0 Å². The third kappa shape index (κ3) is 3.91.